The highest BCUT2D eigenvalue weighted by atomic mass is 16.3. The second-order valence-electron chi connectivity index (χ2n) is 5.51. The minimum Gasteiger partial charge on any atom is -0.493 e. The van der Waals surface area contributed by atoms with Crippen molar-refractivity contribution in [2.24, 2.45) is 5.18 Å². The number of fused-ring (bicyclic) bond motifs is 2. The van der Waals surface area contributed by atoms with Gasteiger partial charge in [-0.3, -0.25) is 0 Å². The number of nitrogens with zero attached hydrogens (tertiary/aromatic N) is 2. The molecule has 0 saturated heterocycles. The van der Waals surface area contributed by atoms with E-state index in [4.69, 9.17) is 0 Å². The molecule has 4 nitrogen and oxygen atoms in total. The quantitative estimate of drug-likeness (QED) is 0.545. The number of hydrogen-bond acceptors (Lipinski definition) is 3. The van der Waals surface area contributed by atoms with Gasteiger partial charge in [0.25, 0.3) is 0 Å². The Kier molecular flexibility index (Phi) is 3.08. The van der Waals surface area contributed by atoms with E-state index >= 15 is 0 Å². The molecule has 0 unspecified atom stereocenters. The molecule has 4 aromatic rings. The van der Waals surface area contributed by atoms with E-state index in [9.17, 15) is 10.0 Å². The molecule has 0 aliphatic rings. The SMILES string of the molecule is O=Nc1c(O)n(Cc2cccc3ccccc23)c2ccccc12. The van der Waals surface area contributed by atoms with E-state index in [-0.39, 0.29) is 11.6 Å². The van der Waals surface area contributed by atoms with Gasteiger partial charge in [0.15, 0.2) is 5.69 Å². The van der Waals surface area contributed by atoms with Crippen LogP contribution in [0.15, 0.2) is 71.9 Å². The van der Waals surface area contributed by atoms with Crippen molar-refractivity contribution in [2.75, 3.05) is 0 Å². The maximum Gasteiger partial charge on any atom is 0.222 e. The number of aromatic hydroxyl groups is 1. The van der Waals surface area contributed by atoms with Crippen molar-refractivity contribution in [2.45, 2.75) is 6.54 Å². The molecule has 112 valence electrons. The van der Waals surface area contributed by atoms with Gasteiger partial charge in [0, 0.05) is 5.39 Å². The van der Waals surface area contributed by atoms with E-state index in [1.54, 1.807) is 10.6 Å². The zero-order valence-electron chi connectivity index (χ0n) is 12.3. The highest BCUT2D eigenvalue weighted by Crippen LogP contribution is 2.39. The largest absolute Gasteiger partial charge is 0.493 e. The van der Waals surface area contributed by atoms with Crippen molar-refractivity contribution in [1.82, 2.24) is 4.57 Å². The second kappa shape index (κ2) is 5.25. The molecule has 0 radical (unpaired) electrons. The van der Waals surface area contributed by atoms with Crippen molar-refractivity contribution in [3.8, 4) is 5.88 Å². The second-order valence-corrected chi connectivity index (χ2v) is 5.51. The van der Waals surface area contributed by atoms with Crippen LogP contribution >= 0.6 is 0 Å². The maximum atomic E-state index is 11.1. The molecule has 4 heteroatoms. The van der Waals surface area contributed by atoms with Gasteiger partial charge < -0.3 is 9.67 Å². The van der Waals surface area contributed by atoms with Crippen LogP contribution < -0.4 is 0 Å². The number of para-hydroxylation sites is 1. The van der Waals surface area contributed by atoms with Gasteiger partial charge >= 0.3 is 0 Å². The molecule has 3 aromatic carbocycles. The lowest BCUT2D eigenvalue weighted by atomic mass is 10.0. The van der Waals surface area contributed by atoms with Gasteiger partial charge in [-0.2, -0.15) is 0 Å². The van der Waals surface area contributed by atoms with E-state index in [0.29, 0.717) is 11.9 Å². The van der Waals surface area contributed by atoms with Crippen LogP contribution in [0.3, 0.4) is 0 Å². The molecule has 0 aliphatic heterocycles. The van der Waals surface area contributed by atoms with Crippen molar-refractivity contribution in [3.05, 3.63) is 77.2 Å². The highest BCUT2D eigenvalue weighted by molar-refractivity contribution is 5.95. The van der Waals surface area contributed by atoms with Crippen LogP contribution in [0.4, 0.5) is 5.69 Å². The van der Waals surface area contributed by atoms with Gasteiger partial charge in [-0.05, 0) is 27.6 Å². The Morgan fingerprint density at radius 3 is 2.39 bits per heavy atom. The van der Waals surface area contributed by atoms with Crippen LogP contribution in [0.1, 0.15) is 5.56 Å². The Hall–Kier alpha value is -3.14. The molecular formula is C19H14N2O2. The summed E-state index contributed by atoms with van der Waals surface area (Å²) < 4.78 is 1.73. The van der Waals surface area contributed by atoms with Crippen molar-refractivity contribution < 1.29 is 5.11 Å². The zero-order valence-corrected chi connectivity index (χ0v) is 12.3. The Balaban J connectivity index is 1.93. The standard InChI is InChI=1S/C19H14N2O2/c22-19-18(20-23)16-10-3-4-11-17(16)21(19)12-14-8-5-7-13-6-1-2-9-15(13)14/h1-11,22H,12H2. The van der Waals surface area contributed by atoms with Gasteiger partial charge in [-0.15, -0.1) is 4.91 Å². The fourth-order valence-electron chi connectivity index (χ4n) is 3.12. The lowest BCUT2D eigenvalue weighted by molar-refractivity contribution is 0.430. The Morgan fingerprint density at radius 1 is 0.870 bits per heavy atom. The van der Waals surface area contributed by atoms with Crippen molar-refractivity contribution in [3.63, 3.8) is 0 Å². The lowest BCUT2D eigenvalue weighted by Gasteiger charge is -2.10. The maximum absolute atomic E-state index is 11.1. The van der Waals surface area contributed by atoms with Gasteiger partial charge in [0.05, 0.1) is 12.1 Å². The number of benzene rings is 3. The first kappa shape index (κ1) is 13.5. The van der Waals surface area contributed by atoms with Crippen LogP contribution in [0.25, 0.3) is 21.7 Å². The topological polar surface area (TPSA) is 54.6 Å². The molecule has 4 rings (SSSR count). The smallest absolute Gasteiger partial charge is 0.222 e. The molecular weight excluding hydrogens is 288 g/mol. The van der Waals surface area contributed by atoms with Crippen LogP contribution in [0.5, 0.6) is 5.88 Å². The van der Waals surface area contributed by atoms with Gasteiger partial charge in [-0.1, -0.05) is 60.7 Å². The summed E-state index contributed by atoms with van der Waals surface area (Å²) in [4.78, 5) is 11.1. The number of nitroso groups, excluding NO2 is 1. The first-order valence-electron chi connectivity index (χ1n) is 7.40. The molecule has 0 atom stereocenters. The fraction of sp³-hybridized carbons (Fsp3) is 0.0526. The van der Waals surface area contributed by atoms with E-state index in [1.807, 2.05) is 42.5 Å². The van der Waals surface area contributed by atoms with E-state index in [1.165, 1.54) is 0 Å². The average Bonchev–Trinajstić information content (AvgIpc) is 2.87. The molecule has 0 amide bonds. The third-order valence-electron chi connectivity index (χ3n) is 4.22. The molecule has 1 heterocycles. The van der Waals surface area contributed by atoms with Crippen molar-refractivity contribution in [1.29, 1.82) is 0 Å². The highest BCUT2D eigenvalue weighted by Gasteiger charge is 2.17. The lowest BCUT2D eigenvalue weighted by Crippen LogP contribution is -1.99. The summed E-state index contributed by atoms with van der Waals surface area (Å²) in [5, 5.41) is 16.4. The molecule has 1 N–H and O–H groups in total. The van der Waals surface area contributed by atoms with Crippen LogP contribution in [-0.4, -0.2) is 9.67 Å². The molecule has 0 aliphatic carbocycles. The molecule has 23 heavy (non-hydrogen) atoms. The number of rotatable bonds is 3. The summed E-state index contributed by atoms with van der Waals surface area (Å²) in [6.45, 7) is 0.475. The molecule has 0 fully saturated rings. The summed E-state index contributed by atoms with van der Waals surface area (Å²) in [6, 6.07) is 21.6. The minimum atomic E-state index is -0.0888. The molecule has 0 bridgehead atoms. The van der Waals surface area contributed by atoms with Gasteiger partial charge in [-0.25, -0.2) is 0 Å². The van der Waals surface area contributed by atoms with Crippen LogP contribution in [0, 0.1) is 4.91 Å². The third kappa shape index (κ3) is 2.07. The number of hydrogen-bond donors (Lipinski definition) is 1. The minimum absolute atomic E-state index is 0.0888. The first-order chi connectivity index (χ1) is 11.3. The summed E-state index contributed by atoms with van der Waals surface area (Å²) in [5.74, 6) is -0.0888. The normalized spacial score (nSPS) is 11.1. The molecule has 0 saturated carbocycles. The van der Waals surface area contributed by atoms with E-state index < -0.39 is 0 Å². The predicted octanol–water partition coefficient (Wildman–Crippen LogP) is 4.95. The average molecular weight is 302 g/mol. The Morgan fingerprint density at radius 2 is 1.57 bits per heavy atom. The fourth-order valence-corrected chi connectivity index (χ4v) is 3.12. The Labute approximate surface area is 132 Å². The monoisotopic (exact) mass is 302 g/mol. The van der Waals surface area contributed by atoms with Crippen LogP contribution in [-0.2, 0) is 6.54 Å². The summed E-state index contributed by atoms with van der Waals surface area (Å²) >= 11 is 0. The molecule has 0 spiro atoms. The summed E-state index contributed by atoms with van der Waals surface area (Å²) in [7, 11) is 0. The zero-order chi connectivity index (χ0) is 15.8. The van der Waals surface area contributed by atoms with Crippen molar-refractivity contribution >= 4 is 27.4 Å². The Bertz CT molecular complexity index is 1030. The van der Waals surface area contributed by atoms with Crippen LogP contribution in [0.2, 0.25) is 0 Å². The predicted molar refractivity (Wildman–Crippen MR) is 92.1 cm³/mol. The first-order valence-corrected chi connectivity index (χ1v) is 7.40. The molecule has 1 aromatic heterocycles. The van der Waals surface area contributed by atoms with E-state index in [0.717, 1.165) is 21.9 Å². The van der Waals surface area contributed by atoms with Gasteiger partial charge in [0.2, 0.25) is 5.88 Å². The van der Waals surface area contributed by atoms with Gasteiger partial charge in [0.1, 0.15) is 0 Å². The number of aromatic nitrogens is 1. The summed E-state index contributed by atoms with van der Waals surface area (Å²) in [6.07, 6.45) is 0. The van der Waals surface area contributed by atoms with E-state index in [2.05, 4.69) is 23.4 Å². The summed E-state index contributed by atoms with van der Waals surface area (Å²) in [5.41, 5.74) is 1.98. The third-order valence-corrected chi connectivity index (χ3v) is 4.22.